The van der Waals surface area contributed by atoms with Crippen LogP contribution in [0.5, 0.6) is 5.75 Å². The molecule has 1 heterocycles. The number of para-hydroxylation sites is 1. The molecule has 1 aliphatic rings. The van der Waals surface area contributed by atoms with E-state index in [1.54, 1.807) is 0 Å². The Balaban J connectivity index is 1.68. The Morgan fingerprint density at radius 1 is 1.52 bits per heavy atom. The molecule has 1 aromatic carbocycles. The second-order valence-electron chi connectivity index (χ2n) is 5.18. The number of halogens is 1. The molecule has 0 radical (unpaired) electrons. The van der Waals surface area contributed by atoms with Gasteiger partial charge in [0.2, 0.25) is 5.91 Å². The molecule has 2 atom stereocenters. The van der Waals surface area contributed by atoms with Crippen LogP contribution >= 0.6 is 15.9 Å². The molecule has 0 unspecified atom stereocenters. The summed E-state index contributed by atoms with van der Waals surface area (Å²) in [6.07, 6.45) is 1.20. The Bertz CT molecular complexity index is 464. The molecule has 0 saturated carbocycles. The van der Waals surface area contributed by atoms with Gasteiger partial charge in [-0.1, -0.05) is 12.1 Å². The van der Waals surface area contributed by atoms with Crippen LogP contribution in [-0.4, -0.2) is 43.4 Å². The fourth-order valence-electron chi connectivity index (χ4n) is 2.25. The quantitative estimate of drug-likeness (QED) is 0.718. The summed E-state index contributed by atoms with van der Waals surface area (Å²) in [7, 11) is 0. The molecule has 5 nitrogen and oxygen atoms in total. The van der Waals surface area contributed by atoms with E-state index < -0.39 is 6.10 Å². The van der Waals surface area contributed by atoms with Crippen molar-refractivity contribution in [2.75, 3.05) is 26.2 Å². The number of aliphatic hydroxyl groups is 1. The maximum Gasteiger partial charge on any atom is 0.224 e. The number of hydrogen-bond acceptors (Lipinski definition) is 4. The van der Waals surface area contributed by atoms with Crippen LogP contribution in [0, 0.1) is 5.92 Å². The highest BCUT2D eigenvalue weighted by molar-refractivity contribution is 9.10. The molecule has 0 spiro atoms. The van der Waals surface area contributed by atoms with Gasteiger partial charge in [-0.3, -0.25) is 4.79 Å². The van der Waals surface area contributed by atoms with E-state index in [0.29, 0.717) is 5.75 Å². The molecule has 2 rings (SSSR count). The van der Waals surface area contributed by atoms with E-state index in [-0.39, 0.29) is 25.0 Å². The van der Waals surface area contributed by atoms with Gasteiger partial charge in [0.15, 0.2) is 0 Å². The van der Waals surface area contributed by atoms with Gasteiger partial charge in [0.1, 0.15) is 18.5 Å². The maximum absolute atomic E-state index is 11.9. The molecule has 21 heavy (non-hydrogen) atoms. The topological polar surface area (TPSA) is 70.6 Å². The summed E-state index contributed by atoms with van der Waals surface area (Å²) in [4.78, 5) is 11.9. The minimum atomic E-state index is -0.724. The highest BCUT2D eigenvalue weighted by Gasteiger charge is 2.21. The molecular formula is C15H21BrN2O3. The molecule has 0 bridgehead atoms. The summed E-state index contributed by atoms with van der Waals surface area (Å²) in [6, 6.07) is 7.46. The Hall–Kier alpha value is -1.11. The fourth-order valence-corrected chi connectivity index (χ4v) is 2.64. The third-order valence-corrected chi connectivity index (χ3v) is 4.10. The summed E-state index contributed by atoms with van der Waals surface area (Å²) in [6.45, 7) is 2.05. The number of ether oxygens (including phenoxy) is 1. The van der Waals surface area contributed by atoms with Gasteiger partial charge in [-0.05, 0) is 47.4 Å². The SMILES string of the molecule is O=C(NC[C@@H](O)COc1ccccc1Br)[C@H]1CCCNC1. The highest BCUT2D eigenvalue weighted by Crippen LogP contribution is 2.23. The Morgan fingerprint density at radius 3 is 3.05 bits per heavy atom. The van der Waals surface area contributed by atoms with E-state index in [4.69, 9.17) is 4.74 Å². The van der Waals surface area contributed by atoms with Crippen LogP contribution < -0.4 is 15.4 Å². The van der Waals surface area contributed by atoms with Crippen LogP contribution in [0.4, 0.5) is 0 Å². The van der Waals surface area contributed by atoms with Crippen molar-refractivity contribution in [1.82, 2.24) is 10.6 Å². The first-order valence-corrected chi connectivity index (χ1v) is 8.00. The molecule has 6 heteroatoms. The maximum atomic E-state index is 11.9. The van der Waals surface area contributed by atoms with E-state index in [2.05, 4.69) is 26.6 Å². The van der Waals surface area contributed by atoms with Gasteiger partial charge in [-0.15, -0.1) is 0 Å². The predicted octanol–water partition coefficient (Wildman–Crippen LogP) is 1.30. The van der Waals surface area contributed by atoms with E-state index in [9.17, 15) is 9.90 Å². The molecule has 116 valence electrons. The van der Waals surface area contributed by atoms with Gasteiger partial charge in [0.25, 0.3) is 0 Å². The van der Waals surface area contributed by atoms with Crippen molar-refractivity contribution in [2.24, 2.45) is 5.92 Å². The Morgan fingerprint density at radius 2 is 2.33 bits per heavy atom. The van der Waals surface area contributed by atoms with Crippen LogP contribution in [0.25, 0.3) is 0 Å². The highest BCUT2D eigenvalue weighted by atomic mass is 79.9. The third-order valence-electron chi connectivity index (χ3n) is 3.45. The van der Waals surface area contributed by atoms with Crippen LogP contribution in [0.1, 0.15) is 12.8 Å². The number of amides is 1. The van der Waals surface area contributed by atoms with Crippen molar-refractivity contribution < 1.29 is 14.6 Å². The number of piperidine rings is 1. The second kappa shape index (κ2) is 8.36. The van der Waals surface area contributed by atoms with Crippen LogP contribution in [-0.2, 0) is 4.79 Å². The molecular weight excluding hydrogens is 336 g/mol. The zero-order chi connectivity index (χ0) is 15.1. The average Bonchev–Trinajstić information content (AvgIpc) is 2.52. The van der Waals surface area contributed by atoms with Gasteiger partial charge in [-0.2, -0.15) is 0 Å². The lowest BCUT2D eigenvalue weighted by Crippen LogP contribution is -2.43. The zero-order valence-corrected chi connectivity index (χ0v) is 13.4. The standard InChI is InChI=1S/C15H21BrN2O3/c16-13-5-1-2-6-14(13)21-10-12(19)9-18-15(20)11-4-3-7-17-8-11/h1-2,5-6,11-12,17,19H,3-4,7-10H2,(H,18,20)/t11-,12+/m0/s1. The first-order chi connectivity index (χ1) is 10.2. The second-order valence-corrected chi connectivity index (χ2v) is 6.04. The average molecular weight is 357 g/mol. The summed E-state index contributed by atoms with van der Waals surface area (Å²) >= 11 is 3.38. The molecule has 1 aliphatic heterocycles. The number of nitrogens with one attached hydrogen (secondary N) is 2. The van der Waals surface area contributed by atoms with Gasteiger partial charge in [0, 0.05) is 13.1 Å². The molecule has 3 N–H and O–H groups in total. The minimum absolute atomic E-state index is 0.00198. The van der Waals surface area contributed by atoms with Crippen molar-refractivity contribution in [3.8, 4) is 5.75 Å². The number of carbonyl (C=O) groups is 1. The number of aliphatic hydroxyl groups excluding tert-OH is 1. The van der Waals surface area contributed by atoms with Gasteiger partial charge in [0.05, 0.1) is 10.4 Å². The summed E-state index contributed by atoms with van der Waals surface area (Å²) in [5.41, 5.74) is 0. The molecule has 0 aliphatic carbocycles. The molecule has 1 saturated heterocycles. The Labute approximate surface area is 133 Å². The van der Waals surface area contributed by atoms with Crippen molar-refractivity contribution >= 4 is 21.8 Å². The van der Waals surface area contributed by atoms with Gasteiger partial charge in [-0.25, -0.2) is 0 Å². The zero-order valence-electron chi connectivity index (χ0n) is 11.8. The smallest absolute Gasteiger partial charge is 0.224 e. The fraction of sp³-hybridized carbons (Fsp3) is 0.533. The molecule has 1 amide bonds. The van der Waals surface area contributed by atoms with Crippen LogP contribution in [0.15, 0.2) is 28.7 Å². The molecule has 0 aromatic heterocycles. The summed E-state index contributed by atoms with van der Waals surface area (Å²) < 4.78 is 6.36. The van der Waals surface area contributed by atoms with Crippen molar-refractivity contribution in [2.45, 2.75) is 18.9 Å². The van der Waals surface area contributed by atoms with Crippen molar-refractivity contribution in [1.29, 1.82) is 0 Å². The summed E-state index contributed by atoms with van der Waals surface area (Å²) in [5.74, 6) is 0.691. The lowest BCUT2D eigenvalue weighted by Gasteiger charge is -2.22. The third kappa shape index (κ3) is 5.30. The van der Waals surface area contributed by atoms with E-state index >= 15 is 0 Å². The number of rotatable bonds is 6. The number of carbonyl (C=O) groups excluding carboxylic acids is 1. The van der Waals surface area contributed by atoms with Gasteiger partial charge < -0.3 is 20.5 Å². The van der Waals surface area contributed by atoms with E-state index in [1.807, 2.05) is 24.3 Å². The van der Waals surface area contributed by atoms with Crippen molar-refractivity contribution in [3.63, 3.8) is 0 Å². The predicted molar refractivity (Wildman–Crippen MR) is 84.2 cm³/mol. The normalized spacial score (nSPS) is 19.8. The van der Waals surface area contributed by atoms with E-state index in [0.717, 1.165) is 30.4 Å². The van der Waals surface area contributed by atoms with Crippen LogP contribution in [0.2, 0.25) is 0 Å². The van der Waals surface area contributed by atoms with Gasteiger partial charge >= 0.3 is 0 Å². The first-order valence-electron chi connectivity index (χ1n) is 7.20. The number of benzene rings is 1. The lowest BCUT2D eigenvalue weighted by atomic mass is 9.99. The Kier molecular flexibility index (Phi) is 6.48. The first kappa shape index (κ1) is 16.3. The lowest BCUT2D eigenvalue weighted by molar-refractivity contribution is -0.126. The summed E-state index contributed by atoms with van der Waals surface area (Å²) in [5, 5.41) is 15.9. The minimum Gasteiger partial charge on any atom is -0.490 e. The molecule has 1 fully saturated rings. The number of hydrogen-bond donors (Lipinski definition) is 3. The largest absolute Gasteiger partial charge is 0.490 e. The monoisotopic (exact) mass is 356 g/mol. The van der Waals surface area contributed by atoms with Crippen molar-refractivity contribution in [3.05, 3.63) is 28.7 Å². The van der Waals surface area contributed by atoms with E-state index in [1.165, 1.54) is 0 Å². The molecule has 1 aromatic rings. The van der Waals surface area contributed by atoms with Crippen LogP contribution in [0.3, 0.4) is 0 Å².